The maximum atomic E-state index is 13.1. The first-order chi connectivity index (χ1) is 7.29. The van der Waals surface area contributed by atoms with Crippen molar-refractivity contribution in [3.8, 4) is 0 Å². The lowest BCUT2D eigenvalue weighted by Crippen LogP contribution is -2.23. The Kier molecular flexibility index (Phi) is 3.28. The molecule has 0 aromatic heterocycles. The molecule has 88 valence electrons. The monoisotopic (exact) mass is 230 g/mol. The number of aromatic carboxylic acids is 1. The molecular formula is C11H12F2O3. The Morgan fingerprint density at radius 1 is 1.38 bits per heavy atom. The molecule has 0 radical (unpaired) electrons. The number of aliphatic hydroxyl groups is 1. The summed E-state index contributed by atoms with van der Waals surface area (Å²) in [6.07, 6.45) is 0. The molecule has 0 aliphatic heterocycles. The van der Waals surface area contributed by atoms with Crippen LogP contribution in [-0.4, -0.2) is 22.8 Å². The molecule has 0 aliphatic rings. The molecule has 16 heavy (non-hydrogen) atoms. The molecular weight excluding hydrogens is 218 g/mol. The van der Waals surface area contributed by atoms with Gasteiger partial charge in [0.1, 0.15) is 0 Å². The summed E-state index contributed by atoms with van der Waals surface area (Å²) in [5.74, 6) is -4.14. The van der Waals surface area contributed by atoms with Gasteiger partial charge in [0.2, 0.25) is 0 Å². The van der Waals surface area contributed by atoms with Gasteiger partial charge in [-0.15, -0.1) is 0 Å². The third-order valence-electron chi connectivity index (χ3n) is 2.44. The van der Waals surface area contributed by atoms with Crippen LogP contribution in [0.15, 0.2) is 12.1 Å². The molecule has 0 saturated heterocycles. The quantitative estimate of drug-likeness (QED) is 0.834. The molecule has 1 aromatic rings. The number of hydrogen-bond acceptors (Lipinski definition) is 2. The van der Waals surface area contributed by atoms with Crippen LogP contribution in [0.5, 0.6) is 0 Å². The van der Waals surface area contributed by atoms with Crippen molar-refractivity contribution in [3.05, 3.63) is 34.9 Å². The average Bonchev–Trinajstić information content (AvgIpc) is 2.21. The highest BCUT2D eigenvalue weighted by atomic mass is 19.2. The topological polar surface area (TPSA) is 57.5 Å². The van der Waals surface area contributed by atoms with Crippen LogP contribution in [0, 0.1) is 11.6 Å². The SMILES string of the molecule is CC(C)(CO)c1cc(F)c(F)c(C(=O)O)c1. The average molecular weight is 230 g/mol. The summed E-state index contributed by atoms with van der Waals surface area (Å²) in [6, 6.07) is 1.94. The molecule has 0 aliphatic carbocycles. The molecule has 0 atom stereocenters. The normalized spacial score (nSPS) is 11.6. The Hall–Kier alpha value is -1.49. The first-order valence-electron chi connectivity index (χ1n) is 4.63. The van der Waals surface area contributed by atoms with Gasteiger partial charge < -0.3 is 10.2 Å². The van der Waals surface area contributed by atoms with Gasteiger partial charge in [-0.05, 0) is 17.7 Å². The standard InChI is InChI=1S/C11H12F2O3/c1-11(2,5-14)6-3-7(10(15)16)9(13)8(12)4-6/h3-4,14H,5H2,1-2H3,(H,15,16). The number of aliphatic hydroxyl groups excluding tert-OH is 1. The second kappa shape index (κ2) is 4.17. The second-order valence-corrected chi connectivity index (χ2v) is 4.17. The number of rotatable bonds is 3. The molecule has 0 spiro atoms. The van der Waals surface area contributed by atoms with Crippen molar-refractivity contribution in [1.29, 1.82) is 0 Å². The van der Waals surface area contributed by atoms with Crippen LogP contribution < -0.4 is 0 Å². The fourth-order valence-electron chi connectivity index (χ4n) is 1.23. The van der Waals surface area contributed by atoms with Crippen molar-refractivity contribution in [3.63, 3.8) is 0 Å². The van der Waals surface area contributed by atoms with Gasteiger partial charge in [0, 0.05) is 5.41 Å². The molecule has 0 heterocycles. The molecule has 0 fully saturated rings. The Balaban J connectivity index is 3.41. The zero-order valence-corrected chi connectivity index (χ0v) is 8.92. The highest BCUT2D eigenvalue weighted by molar-refractivity contribution is 5.88. The minimum Gasteiger partial charge on any atom is -0.478 e. The van der Waals surface area contributed by atoms with Gasteiger partial charge in [0.05, 0.1) is 12.2 Å². The fourth-order valence-corrected chi connectivity index (χ4v) is 1.23. The van der Waals surface area contributed by atoms with Gasteiger partial charge in [-0.25, -0.2) is 13.6 Å². The number of hydrogen-bond donors (Lipinski definition) is 2. The number of halogens is 2. The van der Waals surface area contributed by atoms with Gasteiger partial charge in [-0.3, -0.25) is 0 Å². The molecule has 2 N–H and O–H groups in total. The zero-order chi connectivity index (χ0) is 12.5. The van der Waals surface area contributed by atoms with E-state index in [1.807, 2.05) is 0 Å². The van der Waals surface area contributed by atoms with Crippen molar-refractivity contribution in [2.45, 2.75) is 19.3 Å². The van der Waals surface area contributed by atoms with Crippen LogP contribution in [0.25, 0.3) is 0 Å². The molecule has 5 heteroatoms. The first-order valence-corrected chi connectivity index (χ1v) is 4.63. The van der Waals surface area contributed by atoms with Crippen LogP contribution >= 0.6 is 0 Å². The molecule has 0 saturated carbocycles. The van der Waals surface area contributed by atoms with E-state index in [-0.39, 0.29) is 12.2 Å². The highest BCUT2D eigenvalue weighted by Crippen LogP contribution is 2.26. The summed E-state index contributed by atoms with van der Waals surface area (Å²) in [6.45, 7) is 2.91. The third kappa shape index (κ3) is 2.19. The zero-order valence-electron chi connectivity index (χ0n) is 8.92. The molecule has 1 rings (SSSR count). The predicted octanol–water partition coefficient (Wildman–Crippen LogP) is 1.93. The largest absolute Gasteiger partial charge is 0.478 e. The summed E-state index contributed by atoms with van der Waals surface area (Å²) in [7, 11) is 0. The van der Waals surface area contributed by atoms with Crippen molar-refractivity contribution >= 4 is 5.97 Å². The lowest BCUT2D eigenvalue weighted by molar-refractivity contribution is 0.0690. The van der Waals surface area contributed by atoms with E-state index in [1.54, 1.807) is 13.8 Å². The summed E-state index contributed by atoms with van der Waals surface area (Å²) in [5, 5.41) is 17.8. The Morgan fingerprint density at radius 3 is 2.38 bits per heavy atom. The van der Waals surface area contributed by atoms with Crippen molar-refractivity contribution < 1.29 is 23.8 Å². The van der Waals surface area contributed by atoms with E-state index in [0.29, 0.717) is 0 Å². The van der Waals surface area contributed by atoms with E-state index in [1.165, 1.54) is 0 Å². The Labute approximate surface area is 91.3 Å². The van der Waals surface area contributed by atoms with Crippen LogP contribution in [-0.2, 0) is 5.41 Å². The maximum Gasteiger partial charge on any atom is 0.338 e. The number of benzene rings is 1. The van der Waals surface area contributed by atoms with Crippen LogP contribution in [0.3, 0.4) is 0 Å². The summed E-state index contributed by atoms with van der Waals surface area (Å²) in [4.78, 5) is 10.7. The summed E-state index contributed by atoms with van der Waals surface area (Å²) in [5.41, 5.74) is -1.30. The second-order valence-electron chi connectivity index (χ2n) is 4.17. The van der Waals surface area contributed by atoms with Gasteiger partial charge >= 0.3 is 5.97 Å². The minimum absolute atomic E-state index is 0.242. The highest BCUT2D eigenvalue weighted by Gasteiger charge is 2.25. The van der Waals surface area contributed by atoms with E-state index >= 15 is 0 Å². The smallest absolute Gasteiger partial charge is 0.338 e. The molecule has 0 amide bonds. The van der Waals surface area contributed by atoms with Crippen molar-refractivity contribution in [2.24, 2.45) is 0 Å². The molecule has 1 aromatic carbocycles. The Bertz CT molecular complexity index is 427. The van der Waals surface area contributed by atoms with Gasteiger partial charge in [-0.1, -0.05) is 13.8 Å². The van der Waals surface area contributed by atoms with Gasteiger partial charge in [-0.2, -0.15) is 0 Å². The predicted molar refractivity (Wildman–Crippen MR) is 53.4 cm³/mol. The van der Waals surface area contributed by atoms with E-state index in [2.05, 4.69) is 0 Å². The summed E-state index contributed by atoms with van der Waals surface area (Å²) < 4.78 is 26.3. The van der Waals surface area contributed by atoms with Crippen molar-refractivity contribution in [1.82, 2.24) is 0 Å². The number of carboxylic acids is 1. The fraction of sp³-hybridized carbons (Fsp3) is 0.364. The summed E-state index contributed by atoms with van der Waals surface area (Å²) >= 11 is 0. The number of carbonyl (C=O) groups is 1. The van der Waals surface area contributed by atoms with Gasteiger partial charge in [0.15, 0.2) is 11.6 Å². The first kappa shape index (κ1) is 12.6. The van der Waals surface area contributed by atoms with Crippen LogP contribution in [0.2, 0.25) is 0 Å². The third-order valence-corrected chi connectivity index (χ3v) is 2.44. The molecule has 0 unspecified atom stereocenters. The van der Waals surface area contributed by atoms with E-state index in [9.17, 15) is 13.6 Å². The maximum absolute atomic E-state index is 13.1. The molecule has 0 bridgehead atoms. The lowest BCUT2D eigenvalue weighted by atomic mass is 9.84. The minimum atomic E-state index is -1.54. The lowest BCUT2D eigenvalue weighted by Gasteiger charge is -2.22. The number of carboxylic acid groups (broad SMARTS) is 1. The van der Waals surface area contributed by atoms with E-state index in [4.69, 9.17) is 10.2 Å². The van der Waals surface area contributed by atoms with E-state index < -0.39 is 28.6 Å². The van der Waals surface area contributed by atoms with Gasteiger partial charge in [0.25, 0.3) is 0 Å². The van der Waals surface area contributed by atoms with Crippen LogP contribution in [0.1, 0.15) is 29.8 Å². The van der Waals surface area contributed by atoms with Crippen molar-refractivity contribution in [2.75, 3.05) is 6.61 Å². The van der Waals surface area contributed by atoms with Crippen LogP contribution in [0.4, 0.5) is 8.78 Å². The van der Waals surface area contributed by atoms with E-state index in [0.717, 1.165) is 12.1 Å². The molecule has 3 nitrogen and oxygen atoms in total. The Morgan fingerprint density at radius 2 is 1.94 bits per heavy atom.